The van der Waals surface area contributed by atoms with E-state index >= 15 is 0 Å². The fourth-order valence-corrected chi connectivity index (χ4v) is 3.87. The van der Waals surface area contributed by atoms with Crippen molar-refractivity contribution in [3.05, 3.63) is 21.7 Å². The third-order valence-electron chi connectivity index (χ3n) is 4.48. The number of halogens is 1. The highest BCUT2D eigenvalue weighted by Gasteiger charge is 2.43. The third kappa shape index (κ3) is 1.91. The molecule has 0 saturated heterocycles. The number of carbonyl (C=O) groups is 1. The van der Waals surface area contributed by atoms with Crippen LogP contribution in [0.3, 0.4) is 0 Å². The summed E-state index contributed by atoms with van der Waals surface area (Å²) in [5.74, 6) is 0.595. The molecule has 0 spiro atoms. The predicted octanol–water partition coefficient (Wildman–Crippen LogP) is 3.77. The number of hydrogen-bond donors (Lipinski definition) is 1. The van der Waals surface area contributed by atoms with Crippen molar-refractivity contribution in [2.24, 2.45) is 0 Å². The summed E-state index contributed by atoms with van der Waals surface area (Å²) in [6, 6.07) is 1.86. The molecular weight excluding hydrogens is 324 g/mol. The Labute approximate surface area is 126 Å². The van der Waals surface area contributed by atoms with Crippen LogP contribution in [0.1, 0.15) is 43.2 Å². The zero-order valence-corrected chi connectivity index (χ0v) is 13.0. The largest absolute Gasteiger partial charge is 0.481 e. The molecule has 1 saturated carbocycles. The van der Waals surface area contributed by atoms with Crippen molar-refractivity contribution in [2.45, 2.75) is 44.4 Å². The first-order chi connectivity index (χ1) is 9.56. The quantitative estimate of drug-likeness (QED) is 0.890. The van der Waals surface area contributed by atoms with Crippen LogP contribution in [0, 0.1) is 6.92 Å². The minimum atomic E-state index is -0.786. The highest BCUT2D eigenvalue weighted by Crippen LogP contribution is 2.49. The van der Waals surface area contributed by atoms with Crippen molar-refractivity contribution in [3.8, 4) is 11.5 Å². The number of hydrogen-bond acceptors (Lipinski definition) is 3. The monoisotopic (exact) mass is 340 g/mol. The first kappa shape index (κ1) is 13.7. The fraction of sp³-hybridized carbons (Fsp3) is 0.533. The Hall–Kier alpha value is -1.23. The van der Waals surface area contributed by atoms with Gasteiger partial charge in [0.05, 0.1) is 9.89 Å². The van der Waals surface area contributed by atoms with E-state index in [2.05, 4.69) is 15.9 Å². The molecule has 0 bridgehead atoms. The lowest BCUT2D eigenvalue weighted by Crippen LogP contribution is -2.38. The molecule has 0 unspecified atom stereocenters. The van der Waals surface area contributed by atoms with E-state index in [0.717, 1.165) is 34.9 Å². The molecular formula is C15H17BrO4. The Morgan fingerprint density at radius 3 is 2.65 bits per heavy atom. The minimum Gasteiger partial charge on any atom is -0.481 e. The zero-order valence-electron chi connectivity index (χ0n) is 11.4. The summed E-state index contributed by atoms with van der Waals surface area (Å²) in [6.45, 7) is 2.14. The van der Waals surface area contributed by atoms with E-state index in [-0.39, 0.29) is 6.79 Å². The van der Waals surface area contributed by atoms with Gasteiger partial charge in [-0.1, -0.05) is 19.3 Å². The van der Waals surface area contributed by atoms with Crippen LogP contribution in [0.15, 0.2) is 10.5 Å². The highest BCUT2D eigenvalue weighted by atomic mass is 79.9. The van der Waals surface area contributed by atoms with E-state index in [4.69, 9.17) is 9.47 Å². The molecule has 0 aromatic heterocycles. The van der Waals surface area contributed by atoms with Crippen LogP contribution in [0.25, 0.3) is 0 Å². The van der Waals surface area contributed by atoms with Gasteiger partial charge in [-0.2, -0.15) is 0 Å². The first-order valence-corrected chi connectivity index (χ1v) is 7.68. The zero-order chi connectivity index (χ0) is 14.3. The van der Waals surface area contributed by atoms with Gasteiger partial charge in [0, 0.05) is 0 Å². The number of benzene rings is 1. The van der Waals surface area contributed by atoms with Crippen molar-refractivity contribution in [1.82, 2.24) is 0 Å². The Kier molecular flexibility index (Phi) is 3.40. The molecule has 1 aromatic carbocycles. The molecule has 0 amide bonds. The summed E-state index contributed by atoms with van der Waals surface area (Å²) >= 11 is 3.52. The van der Waals surface area contributed by atoms with E-state index in [1.807, 2.05) is 13.0 Å². The van der Waals surface area contributed by atoms with Gasteiger partial charge in [-0.15, -0.1) is 0 Å². The molecule has 3 rings (SSSR count). The number of aliphatic carboxylic acids is 1. The minimum absolute atomic E-state index is 0.191. The topological polar surface area (TPSA) is 55.8 Å². The molecule has 1 heterocycles. The SMILES string of the molecule is Cc1c(C2(C(=O)O)CCCCC2)cc2c(c1Br)OCO2. The maximum Gasteiger partial charge on any atom is 0.314 e. The summed E-state index contributed by atoms with van der Waals surface area (Å²) in [6.07, 6.45) is 4.40. The third-order valence-corrected chi connectivity index (χ3v) is 5.44. The molecule has 1 N–H and O–H groups in total. The predicted molar refractivity (Wildman–Crippen MR) is 77.4 cm³/mol. The molecule has 20 heavy (non-hydrogen) atoms. The van der Waals surface area contributed by atoms with Gasteiger partial charge in [0.25, 0.3) is 0 Å². The number of rotatable bonds is 2. The number of fused-ring (bicyclic) bond motifs is 1. The van der Waals surface area contributed by atoms with E-state index < -0.39 is 11.4 Å². The molecule has 1 aliphatic carbocycles. The van der Waals surface area contributed by atoms with Gasteiger partial charge in [-0.25, -0.2) is 0 Å². The molecule has 1 aromatic rings. The molecule has 2 aliphatic rings. The van der Waals surface area contributed by atoms with Gasteiger partial charge in [0.1, 0.15) is 0 Å². The van der Waals surface area contributed by atoms with Crippen LogP contribution >= 0.6 is 15.9 Å². The van der Waals surface area contributed by atoms with Gasteiger partial charge in [0.15, 0.2) is 11.5 Å². The van der Waals surface area contributed by atoms with Gasteiger partial charge < -0.3 is 14.6 Å². The molecule has 4 nitrogen and oxygen atoms in total. The van der Waals surface area contributed by atoms with Crippen molar-refractivity contribution in [1.29, 1.82) is 0 Å². The molecule has 0 radical (unpaired) electrons. The van der Waals surface area contributed by atoms with E-state index in [1.54, 1.807) is 0 Å². The van der Waals surface area contributed by atoms with Gasteiger partial charge in [0.2, 0.25) is 6.79 Å². The van der Waals surface area contributed by atoms with E-state index in [1.165, 1.54) is 0 Å². The Morgan fingerprint density at radius 2 is 2.00 bits per heavy atom. The highest BCUT2D eigenvalue weighted by molar-refractivity contribution is 9.10. The maximum absolute atomic E-state index is 12.0. The lowest BCUT2D eigenvalue weighted by Gasteiger charge is -2.35. The summed E-state index contributed by atoms with van der Waals surface area (Å²) in [5, 5.41) is 9.82. The van der Waals surface area contributed by atoms with E-state index in [0.29, 0.717) is 24.3 Å². The number of ether oxygens (including phenoxy) is 2. The van der Waals surface area contributed by atoms with Crippen molar-refractivity contribution in [2.75, 3.05) is 6.79 Å². The van der Waals surface area contributed by atoms with Crippen LogP contribution in [-0.4, -0.2) is 17.9 Å². The lowest BCUT2D eigenvalue weighted by atomic mass is 9.68. The molecule has 0 atom stereocenters. The Balaban J connectivity index is 2.17. The second-order valence-corrected chi connectivity index (χ2v) is 6.34. The lowest BCUT2D eigenvalue weighted by molar-refractivity contribution is -0.145. The van der Waals surface area contributed by atoms with E-state index in [9.17, 15) is 9.90 Å². The van der Waals surface area contributed by atoms with Crippen molar-refractivity contribution in [3.63, 3.8) is 0 Å². The number of carboxylic acid groups (broad SMARTS) is 1. The maximum atomic E-state index is 12.0. The Bertz CT molecular complexity index is 561. The summed E-state index contributed by atoms with van der Waals surface area (Å²) in [4.78, 5) is 12.0. The average Bonchev–Trinajstić information content (AvgIpc) is 2.92. The van der Waals surface area contributed by atoms with Crippen LogP contribution in [0.4, 0.5) is 0 Å². The summed E-state index contributed by atoms with van der Waals surface area (Å²) in [5.41, 5.74) is 1.02. The van der Waals surface area contributed by atoms with Crippen molar-refractivity contribution >= 4 is 21.9 Å². The molecule has 108 valence electrons. The van der Waals surface area contributed by atoms with Crippen LogP contribution < -0.4 is 9.47 Å². The van der Waals surface area contributed by atoms with Gasteiger partial charge >= 0.3 is 5.97 Å². The Morgan fingerprint density at radius 1 is 1.30 bits per heavy atom. The second-order valence-electron chi connectivity index (χ2n) is 5.54. The normalized spacial score (nSPS) is 19.9. The van der Waals surface area contributed by atoms with Gasteiger partial charge in [-0.05, 0) is 52.9 Å². The average molecular weight is 341 g/mol. The fourth-order valence-electron chi connectivity index (χ4n) is 3.35. The molecule has 1 fully saturated rings. The van der Waals surface area contributed by atoms with Crippen LogP contribution in [0.5, 0.6) is 11.5 Å². The molecule has 5 heteroatoms. The second kappa shape index (κ2) is 4.95. The van der Waals surface area contributed by atoms with Crippen LogP contribution in [0.2, 0.25) is 0 Å². The first-order valence-electron chi connectivity index (χ1n) is 6.89. The van der Waals surface area contributed by atoms with Crippen molar-refractivity contribution < 1.29 is 19.4 Å². The van der Waals surface area contributed by atoms with Gasteiger partial charge in [-0.3, -0.25) is 4.79 Å². The smallest absolute Gasteiger partial charge is 0.314 e. The standard InChI is InChI=1S/C15H17BrO4/c1-9-10(7-11-13(12(9)16)20-8-19-11)15(14(17)18)5-3-2-4-6-15/h7H,2-6,8H2,1H3,(H,17,18). The van der Waals surface area contributed by atoms with Crippen LogP contribution in [-0.2, 0) is 10.2 Å². The molecule has 1 aliphatic heterocycles. The summed E-state index contributed by atoms with van der Waals surface area (Å²) in [7, 11) is 0. The summed E-state index contributed by atoms with van der Waals surface area (Å²) < 4.78 is 11.7. The number of carboxylic acids is 1.